The smallest absolute Gasteiger partial charge is 0.250 e. The third-order valence-corrected chi connectivity index (χ3v) is 5.81. The van der Waals surface area contributed by atoms with Crippen molar-refractivity contribution in [2.75, 3.05) is 18.9 Å². The molecule has 1 atom stereocenters. The molecule has 1 aliphatic heterocycles. The zero-order valence-corrected chi connectivity index (χ0v) is 11.7. The Morgan fingerprint density at radius 2 is 2.33 bits per heavy atom. The quantitative estimate of drug-likeness (QED) is 0.862. The summed E-state index contributed by atoms with van der Waals surface area (Å²) in [6, 6.07) is 1.48. The van der Waals surface area contributed by atoms with Gasteiger partial charge in [0.1, 0.15) is 4.21 Å². The number of nitrogens with one attached hydrogen (secondary N) is 1. The predicted molar refractivity (Wildman–Crippen MR) is 72.1 cm³/mol. The number of nitrogens with two attached hydrogens (primary N) is 1. The van der Waals surface area contributed by atoms with Crippen molar-refractivity contribution in [2.45, 2.75) is 36.0 Å². The molecule has 1 unspecified atom stereocenters. The molecular formula is C11H18N2O3S2. The lowest BCUT2D eigenvalue weighted by Gasteiger charge is -2.22. The van der Waals surface area contributed by atoms with Gasteiger partial charge in [0, 0.05) is 24.2 Å². The normalized spacial score (nSPS) is 21.0. The van der Waals surface area contributed by atoms with Crippen LogP contribution in [-0.2, 0) is 14.8 Å². The number of anilines is 1. The number of hydrogen-bond donors (Lipinski definition) is 2. The van der Waals surface area contributed by atoms with Gasteiger partial charge in [0.2, 0.25) is 10.0 Å². The second-order valence-corrected chi connectivity index (χ2v) is 7.28. The van der Waals surface area contributed by atoms with Crippen LogP contribution in [0, 0.1) is 0 Å². The highest BCUT2D eigenvalue weighted by Crippen LogP contribution is 2.21. The Kier molecular flexibility index (Phi) is 4.60. The lowest BCUT2D eigenvalue weighted by Crippen LogP contribution is -2.29. The minimum Gasteiger partial charge on any atom is -0.398 e. The van der Waals surface area contributed by atoms with Gasteiger partial charge in [0.25, 0.3) is 0 Å². The zero-order valence-electron chi connectivity index (χ0n) is 10.1. The first-order chi connectivity index (χ1) is 8.58. The molecule has 1 aromatic heterocycles. The predicted octanol–water partition coefficient (Wildman–Crippen LogP) is 1.57. The largest absolute Gasteiger partial charge is 0.398 e. The molecule has 0 radical (unpaired) electrons. The summed E-state index contributed by atoms with van der Waals surface area (Å²) in [5.41, 5.74) is 6.00. The third kappa shape index (κ3) is 3.68. The molecule has 0 aromatic carbocycles. The van der Waals surface area contributed by atoms with Crippen LogP contribution in [0.15, 0.2) is 15.7 Å². The number of nitrogen functional groups attached to an aromatic ring is 1. The molecule has 1 aromatic rings. The van der Waals surface area contributed by atoms with Crippen LogP contribution in [0.2, 0.25) is 0 Å². The van der Waals surface area contributed by atoms with Crippen molar-refractivity contribution < 1.29 is 13.2 Å². The fourth-order valence-corrected chi connectivity index (χ4v) is 4.10. The van der Waals surface area contributed by atoms with Gasteiger partial charge in [-0.25, -0.2) is 13.1 Å². The van der Waals surface area contributed by atoms with Crippen LogP contribution in [0.4, 0.5) is 5.69 Å². The maximum Gasteiger partial charge on any atom is 0.250 e. The third-order valence-electron chi connectivity index (χ3n) is 2.89. The Hall–Kier alpha value is -0.630. The molecule has 102 valence electrons. The monoisotopic (exact) mass is 290 g/mol. The van der Waals surface area contributed by atoms with Gasteiger partial charge < -0.3 is 10.5 Å². The van der Waals surface area contributed by atoms with Crippen LogP contribution in [0.3, 0.4) is 0 Å². The van der Waals surface area contributed by atoms with Gasteiger partial charge in [-0.2, -0.15) is 0 Å². The van der Waals surface area contributed by atoms with Gasteiger partial charge in [0.15, 0.2) is 0 Å². The fraction of sp³-hybridized carbons (Fsp3) is 0.636. The second kappa shape index (κ2) is 6.01. The summed E-state index contributed by atoms with van der Waals surface area (Å²) in [6.07, 6.45) is 4.21. The number of rotatable bonds is 5. The van der Waals surface area contributed by atoms with Crippen molar-refractivity contribution in [3.05, 3.63) is 11.4 Å². The Labute approximate surface area is 111 Å². The number of hydrogen-bond acceptors (Lipinski definition) is 5. The summed E-state index contributed by atoms with van der Waals surface area (Å²) < 4.78 is 32.2. The van der Waals surface area contributed by atoms with Crippen LogP contribution in [-0.4, -0.2) is 27.7 Å². The van der Waals surface area contributed by atoms with Crippen molar-refractivity contribution >= 4 is 27.0 Å². The molecule has 7 heteroatoms. The summed E-state index contributed by atoms with van der Waals surface area (Å²) in [5, 5.41) is 1.62. The average molecular weight is 290 g/mol. The molecule has 1 saturated heterocycles. The maximum absolute atomic E-state index is 11.9. The molecule has 0 amide bonds. The summed E-state index contributed by atoms with van der Waals surface area (Å²) in [4.78, 5) is 0. The molecular weight excluding hydrogens is 272 g/mol. The average Bonchev–Trinajstić information content (AvgIpc) is 2.78. The van der Waals surface area contributed by atoms with E-state index in [1.54, 1.807) is 5.38 Å². The van der Waals surface area contributed by atoms with E-state index in [0.29, 0.717) is 12.2 Å². The molecule has 0 aliphatic carbocycles. The SMILES string of the molecule is Nc1csc(S(=O)(=O)NCCC2CCCCO2)c1. The minimum atomic E-state index is -3.41. The van der Waals surface area contributed by atoms with E-state index in [1.807, 2.05) is 0 Å². The first-order valence-corrected chi connectivity index (χ1v) is 8.39. The number of thiophene rings is 1. The van der Waals surface area contributed by atoms with E-state index in [0.717, 1.165) is 37.2 Å². The summed E-state index contributed by atoms with van der Waals surface area (Å²) >= 11 is 1.14. The number of ether oxygens (including phenoxy) is 1. The van der Waals surface area contributed by atoms with E-state index >= 15 is 0 Å². The summed E-state index contributed by atoms with van der Waals surface area (Å²) in [6.45, 7) is 1.20. The zero-order chi connectivity index (χ0) is 13.0. The molecule has 2 rings (SSSR count). The van der Waals surface area contributed by atoms with E-state index in [1.165, 1.54) is 12.5 Å². The van der Waals surface area contributed by atoms with Crippen LogP contribution < -0.4 is 10.5 Å². The molecule has 1 fully saturated rings. The highest BCUT2D eigenvalue weighted by molar-refractivity contribution is 7.91. The van der Waals surface area contributed by atoms with E-state index in [4.69, 9.17) is 10.5 Å². The van der Waals surface area contributed by atoms with Crippen LogP contribution in [0.25, 0.3) is 0 Å². The molecule has 1 aliphatic rings. The van der Waals surface area contributed by atoms with E-state index < -0.39 is 10.0 Å². The summed E-state index contributed by atoms with van der Waals surface area (Å²) in [5.74, 6) is 0. The Bertz CT molecular complexity index is 478. The van der Waals surface area contributed by atoms with Gasteiger partial charge in [-0.1, -0.05) is 0 Å². The fourth-order valence-electron chi connectivity index (χ4n) is 1.93. The van der Waals surface area contributed by atoms with Crippen LogP contribution in [0.5, 0.6) is 0 Å². The molecule has 0 saturated carbocycles. The number of sulfonamides is 1. The van der Waals surface area contributed by atoms with Crippen LogP contribution in [0.1, 0.15) is 25.7 Å². The van der Waals surface area contributed by atoms with Gasteiger partial charge in [-0.05, 0) is 31.7 Å². The first-order valence-electron chi connectivity index (χ1n) is 6.03. The van der Waals surface area contributed by atoms with Gasteiger partial charge in [0.05, 0.1) is 6.10 Å². The summed E-state index contributed by atoms with van der Waals surface area (Å²) in [7, 11) is -3.41. The lowest BCUT2D eigenvalue weighted by molar-refractivity contribution is 0.0123. The van der Waals surface area contributed by atoms with E-state index in [-0.39, 0.29) is 10.3 Å². The Morgan fingerprint density at radius 1 is 1.50 bits per heavy atom. The van der Waals surface area contributed by atoms with Crippen molar-refractivity contribution in [2.24, 2.45) is 0 Å². The molecule has 2 heterocycles. The molecule has 3 N–H and O–H groups in total. The maximum atomic E-state index is 11.9. The minimum absolute atomic E-state index is 0.190. The van der Waals surface area contributed by atoms with Gasteiger partial charge in [-0.3, -0.25) is 0 Å². The van der Waals surface area contributed by atoms with E-state index in [9.17, 15) is 8.42 Å². The molecule has 18 heavy (non-hydrogen) atoms. The highest BCUT2D eigenvalue weighted by Gasteiger charge is 2.18. The molecule has 0 spiro atoms. The van der Waals surface area contributed by atoms with Crippen LogP contribution >= 0.6 is 11.3 Å². The molecule has 5 nitrogen and oxygen atoms in total. The van der Waals surface area contributed by atoms with Crippen molar-refractivity contribution in [3.8, 4) is 0 Å². The standard InChI is InChI=1S/C11H18N2O3S2/c12-9-7-11(17-8-9)18(14,15)13-5-4-10-3-1-2-6-16-10/h7-8,10,13H,1-6,12H2. The van der Waals surface area contributed by atoms with Crippen molar-refractivity contribution in [3.63, 3.8) is 0 Å². The topological polar surface area (TPSA) is 81.4 Å². The first kappa shape index (κ1) is 13.8. The van der Waals surface area contributed by atoms with E-state index in [2.05, 4.69) is 4.72 Å². The van der Waals surface area contributed by atoms with Crippen molar-refractivity contribution in [1.29, 1.82) is 0 Å². The lowest BCUT2D eigenvalue weighted by atomic mass is 10.1. The Balaban J connectivity index is 1.82. The Morgan fingerprint density at radius 3 is 2.94 bits per heavy atom. The van der Waals surface area contributed by atoms with Gasteiger partial charge in [-0.15, -0.1) is 11.3 Å². The van der Waals surface area contributed by atoms with Crippen molar-refractivity contribution in [1.82, 2.24) is 4.72 Å². The second-order valence-electron chi connectivity index (χ2n) is 4.37. The molecule has 0 bridgehead atoms. The van der Waals surface area contributed by atoms with Gasteiger partial charge >= 0.3 is 0 Å². The highest BCUT2D eigenvalue weighted by atomic mass is 32.2.